The third-order valence-electron chi connectivity index (χ3n) is 5.58. The molecule has 1 saturated carbocycles. The van der Waals surface area contributed by atoms with Gasteiger partial charge < -0.3 is 9.84 Å². The van der Waals surface area contributed by atoms with Gasteiger partial charge in [-0.05, 0) is 51.4 Å². The summed E-state index contributed by atoms with van der Waals surface area (Å²) in [7, 11) is 0. The van der Waals surface area contributed by atoms with Gasteiger partial charge in [0.2, 0.25) is 0 Å². The molecule has 2 atom stereocenters. The van der Waals surface area contributed by atoms with Crippen LogP contribution in [0, 0.1) is 5.92 Å². The van der Waals surface area contributed by atoms with Crippen LogP contribution in [0.15, 0.2) is 0 Å². The molecule has 1 unspecified atom stereocenters. The van der Waals surface area contributed by atoms with E-state index in [1.165, 1.54) is 0 Å². The van der Waals surface area contributed by atoms with Crippen molar-refractivity contribution in [3.63, 3.8) is 0 Å². The van der Waals surface area contributed by atoms with Crippen LogP contribution in [-0.2, 0) is 9.53 Å². The Morgan fingerprint density at radius 1 is 0.957 bits per heavy atom. The molecule has 6 heteroatoms. The summed E-state index contributed by atoms with van der Waals surface area (Å²) < 4.78 is 21.2. The second-order valence-electron chi connectivity index (χ2n) is 7.20. The van der Waals surface area contributed by atoms with Crippen molar-refractivity contribution >= 4 is 5.97 Å². The zero-order valence-corrected chi connectivity index (χ0v) is 13.8. The Balaban J connectivity index is 1.58. The Morgan fingerprint density at radius 3 is 2.00 bits per heavy atom. The van der Waals surface area contributed by atoms with Crippen LogP contribution >= 0.6 is 0 Å². The summed E-state index contributed by atoms with van der Waals surface area (Å²) in [6.07, 6.45) is 5.56. The Morgan fingerprint density at radius 2 is 1.48 bits per heavy atom. The second kappa shape index (κ2) is 7.90. The van der Waals surface area contributed by atoms with Crippen molar-refractivity contribution in [2.45, 2.75) is 70.0 Å². The van der Waals surface area contributed by atoms with Crippen LogP contribution in [0.3, 0.4) is 0 Å². The van der Waals surface area contributed by atoms with Gasteiger partial charge in [-0.25, -0.2) is 4.39 Å². The van der Waals surface area contributed by atoms with Gasteiger partial charge in [0.05, 0.1) is 12.0 Å². The zero-order chi connectivity index (χ0) is 16.2. The number of rotatable bonds is 6. The van der Waals surface area contributed by atoms with Gasteiger partial charge in [0.15, 0.2) is 12.5 Å². The SMILES string of the molecule is O=C(O)C1CCC(OC([C@H](F)N2CCCC2)N2CCCC2)CC1. The number of hydrogen-bond acceptors (Lipinski definition) is 4. The van der Waals surface area contributed by atoms with E-state index in [9.17, 15) is 4.79 Å². The molecule has 2 heterocycles. The highest BCUT2D eigenvalue weighted by Gasteiger charge is 2.38. The van der Waals surface area contributed by atoms with Gasteiger partial charge in [0.25, 0.3) is 0 Å². The first-order chi connectivity index (χ1) is 11.1. The highest BCUT2D eigenvalue weighted by Crippen LogP contribution is 2.30. The third-order valence-corrected chi connectivity index (χ3v) is 5.58. The summed E-state index contributed by atoms with van der Waals surface area (Å²) in [5.41, 5.74) is 0. The predicted octanol–water partition coefficient (Wildman–Crippen LogP) is 2.46. The molecule has 5 nitrogen and oxygen atoms in total. The molecule has 3 aliphatic rings. The van der Waals surface area contributed by atoms with E-state index >= 15 is 4.39 Å². The lowest BCUT2D eigenvalue weighted by molar-refractivity contribution is -0.171. The summed E-state index contributed by atoms with van der Waals surface area (Å²) in [6.45, 7) is 3.45. The molecule has 23 heavy (non-hydrogen) atoms. The molecule has 1 N–H and O–H groups in total. The van der Waals surface area contributed by atoms with Crippen molar-refractivity contribution < 1.29 is 19.0 Å². The highest BCUT2D eigenvalue weighted by atomic mass is 19.1. The fraction of sp³-hybridized carbons (Fsp3) is 0.941. The Kier molecular flexibility index (Phi) is 5.88. The van der Waals surface area contributed by atoms with Crippen LogP contribution in [0.1, 0.15) is 51.4 Å². The Labute approximate surface area is 137 Å². The molecule has 132 valence electrons. The van der Waals surface area contributed by atoms with Gasteiger partial charge in [-0.1, -0.05) is 0 Å². The standard InChI is InChI=1S/C17H29FN2O3/c18-15(19-9-1-2-10-19)16(20-11-3-4-12-20)23-14-7-5-13(6-8-14)17(21)22/h13-16H,1-12H2,(H,21,22)/t13?,14?,15-,16?/m1/s1. The lowest BCUT2D eigenvalue weighted by atomic mass is 9.87. The van der Waals surface area contributed by atoms with Crippen molar-refractivity contribution in [2.75, 3.05) is 26.2 Å². The van der Waals surface area contributed by atoms with Crippen LogP contribution in [0.4, 0.5) is 4.39 Å². The molecule has 0 aromatic rings. The van der Waals surface area contributed by atoms with E-state index in [1.54, 1.807) is 0 Å². The van der Waals surface area contributed by atoms with E-state index in [1.807, 2.05) is 4.90 Å². The molecule has 3 rings (SSSR count). The van der Waals surface area contributed by atoms with Crippen LogP contribution < -0.4 is 0 Å². The molecule has 2 saturated heterocycles. The number of alkyl halides is 1. The number of ether oxygens (including phenoxy) is 1. The monoisotopic (exact) mass is 328 g/mol. The molecule has 0 spiro atoms. The average molecular weight is 328 g/mol. The first-order valence-electron chi connectivity index (χ1n) is 9.15. The van der Waals surface area contributed by atoms with Crippen molar-refractivity contribution in [1.82, 2.24) is 9.80 Å². The maximum Gasteiger partial charge on any atom is 0.306 e. The molecule has 0 amide bonds. The predicted molar refractivity (Wildman–Crippen MR) is 84.8 cm³/mol. The summed E-state index contributed by atoms with van der Waals surface area (Å²) in [5.74, 6) is -0.959. The quantitative estimate of drug-likeness (QED) is 0.759. The van der Waals surface area contributed by atoms with E-state index in [-0.39, 0.29) is 12.0 Å². The van der Waals surface area contributed by atoms with E-state index in [4.69, 9.17) is 9.84 Å². The number of aliphatic carboxylic acids is 1. The smallest absolute Gasteiger partial charge is 0.306 e. The topological polar surface area (TPSA) is 53.0 Å². The highest BCUT2D eigenvalue weighted by molar-refractivity contribution is 5.70. The van der Waals surface area contributed by atoms with Crippen LogP contribution in [0.5, 0.6) is 0 Å². The Bertz CT molecular complexity index is 389. The summed E-state index contributed by atoms with van der Waals surface area (Å²) in [5, 5.41) is 9.10. The van der Waals surface area contributed by atoms with Crippen LogP contribution in [-0.4, -0.2) is 65.7 Å². The summed E-state index contributed by atoms with van der Waals surface area (Å²) >= 11 is 0. The summed E-state index contributed by atoms with van der Waals surface area (Å²) in [4.78, 5) is 15.1. The molecular weight excluding hydrogens is 299 g/mol. The van der Waals surface area contributed by atoms with Gasteiger partial charge in [-0.3, -0.25) is 14.6 Å². The minimum absolute atomic E-state index is 0.00273. The first-order valence-corrected chi connectivity index (χ1v) is 9.15. The lowest BCUT2D eigenvalue weighted by Crippen LogP contribution is -2.51. The maximum atomic E-state index is 15.0. The van der Waals surface area contributed by atoms with Gasteiger partial charge in [0, 0.05) is 26.2 Å². The van der Waals surface area contributed by atoms with Crippen molar-refractivity contribution in [3.05, 3.63) is 0 Å². The number of nitrogens with zero attached hydrogens (tertiary/aromatic N) is 2. The van der Waals surface area contributed by atoms with Crippen molar-refractivity contribution in [1.29, 1.82) is 0 Å². The van der Waals surface area contributed by atoms with E-state index in [0.29, 0.717) is 12.8 Å². The minimum atomic E-state index is -1.06. The third kappa shape index (κ3) is 4.22. The number of carbonyl (C=O) groups is 1. The molecule has 0 aromatic carbocycles. The number of carboxylic acid groups (broad SMARTS) is 1. The lowest BCUT2D eigenvalue weighted by Gasteiger charge is -2.38. The van der Waals surface area contributed by atoms with E-state index < -0.39 is 18.5 Å². The van der Waals surface area contributed by atoms with E-state index in [0.717, 1.165) is 64.7 Å². The minimum Gasteiger partial charge on any atom is -0.481 e. The van der Waals surface area contributed by atoms with Crippen LogP contribution in [0.25, 0.3) is 0 Å². The molecule has 0 bridgehead atoms. The molecule has 1 aliphatic carbocycles. The Hall–Kier alpha value is -0.720. The van der Waals surface area contributed by atoms with Crippen molar-refractivity contribution in [3.8, 4) is 0 Å². The second-order valence-corrected chi connectivity index (χ2v) is 7.20. The largest absolute Gasteiger partial charge is 0.481 e. The van der Waals surface area contributed by atoms with Gasteiger partial charge >= 0.3 is 5.97 Å². The molecule has 0 radical (unpaired) electrons. The molecule has 0 aromatic heterocycles. The molecule has 2 aliphatic heterocycles. The average Bonchev–Trinajstić information content (AvgIpc) is 3.25. The zero-order valence-electron chi connectivity index (χ0n) is 13.8. The van der Waals surface area contributed by atoms with Gasteiger partial charge in [-0.15, -0.1) is 0 Å². The normalized spacial score (nSPS) is 32.9. The summed E-state index contributed by atoms with van der Waals surface area (Å²) in [6, 6.07) is 0. The van der Waals surface area contributed by atoms with E-state index in [2.05, 4.69) is 4.90 Å². The number of likely N-dealkylation sites (tertiary alicyclic amines) is 2. The van der Waals surface area contributed by atoms with Crippen LogP contribution in [0.2, 0.25) is 0 Å². The number of halogens is 1. The fourth-order valence-electron chi connectivity index (χ4n) is 4.13. The van der Waals surface area contributed by atoms with Gasteiger partial charge in [-0.2, -0.15) is 0 Å². The molecular formula is C17H29FN2O3. The maximum absolute atomic E-state index is 15.0. The molecule has 3 fully saturated rings. The first kappa shape index (κ1) is 17.1. The van der Waals surface area contributed by atoms with Crippen molar-refractivity contribution in [2.24, 2.45) is 5.92 Å². The number of carboxylic acids is 1. The number of hydrogen-bond donors (Lipinski definition) is 1. The van der Waals surface area contributed by atoms with Gasteiger partial charge in [0.1, 0.15) is 0 Å². The fourth-order valence-corrected chi connectivity index (χ4v) is 4.13.